The smallest absolute Gasteiger partial charge is 0.271 e. The van der Waals surface area contributed by atoms with E-state index in [2.05, 4.69) is 9.82 Å². The minimum absolute atomic E-state index is 0.168. The van der Waals surface area contributed by atoms with Crippen LogP contribution in [0.3, 0.4) is 0 Å². The summed E-state index contributed by atoms with van der Waals surface area (Å²) in [6, 6.07) is 1.66. The maximum atomic E-state index is 11.6. The Morgan fingerprint density at radius 2 is 2.27 bits per heavy atom. The van der Waals surface area contributed by atoms with Gasteiger partial charge in [0.05, 0.1) is 11.7 Å². The van der Waals surface area contributed by atoms with E-state index in [1.807, 2.05) is 13.1 Å². The van der Waals surface area contributed by atoms with Gasteiger partial charge in [-0.1, -0.05) is 0 Å². The first kappa shape index (κ1) is 10.6. The summed E-state index contributed by atoms with van der Waals surface area (Å²) < 4.78 is 28.8. The minimum atomic E-state index is -3.31. The van der Waals surface area contributed by atoms with Crippen LogP contribution in [0, 0.1) is 0 Å². The fraction of sp³-hybridized carbons (Fsp3) is 0.625. The lowest BCUT2D eigenvalue weighted by molar-refractivity contribution is 0.373. The van der Waals surface area contributed by atoms with Crippen LogP contribution in [0.4, 0.5) is 0 Å². The molecular weight excluding hydrogens is 216 g/mol. The minimum Gasteiger partial charge on any atom is -0.271 e. The van der Waals surface area contributed by atoms with Crippen molar-refractivity contribution in [3.05, 3.63) is 18.0 Å². The largest absolute Gasteiger partial charge is 0.279 e. The van der Waals surface area contributed by atoms with E-state index in [1.165, 1.54) is 4.31 Å². The first-order chi connectivity index (χ1) is 7.00. The third-order valence-electron chi connectivity index (χ3n) is 2.65. The zero-order valence-corrected chi connectivity index (χ0v) is 9.53. The molecule has 0 radical (unpaired) electrons. The maximum absolute atomic E-state index is 11.6. The van der Waals surface area contributed by atoms with E-state index < -0.39 is 10.2 Å². The van der Waals surface area contributed by atoms with Crippen molar-refractivity contribution in [1.82, 2.24) is 18.8 Å². The Kier molecular flexibility index (Phi) is 2.53. The van der Waals surface area contributed by atoms with Gasteiger partial charge in [0.2, 0.25) is 0 Å². The summed E-state index contributed by atoms with van der Waals surface area (Å²) in [4.78, 5) is 0. The summed E-state index contributed by atoms with van der Waals surface area (Å²) in [7, 11) is 0.0675. The molecule has 6 nitrogen and oxygen atoms in total. The van der Waals surface area contributed by atoms with E-state index in [-0.39, 0.29) is 6.04 Å². The van der Waals surface area contributed by atoms with Crippen molar-refractivity contribution < 1.29 is 8.42 Å². The fourth-order valence-electron chi connectivity index (χ4n) is 1.69. The Labute approximate surface area is 89.1 Å². The van der Waals surface area contributed by atoms with Crippen LogP contribution >= 0.6 is 0 Å². The monoisotopic (exact) mass is 230 g/mol. The molecule has 15 heavy (non-hydrogen) atoms. The van der Waals surface area contributed by atoms with Crippen LogP contribution in [-0.2, 0) is 17.3 Å². The number of nitrogens with zero attached hydrogens (tertiary/aromatic N) is 3. The highest BCUT2D eigenvalue weighted by molar-refractivity contribution is 7.87. The average Bonchev–Trinajstić information content (AvgIpc) is 2.56. The molecule has 1 N–H and O–H groups in total. The molecule has 1 aromatic rings. The molecular formula is C8H14N4O2S. The highest BCUT2D eigenvalue weighted by Gasteiger charge is 2.30. The van der Waals surface area contributed by atoms with Gasteiger partial charge in [0.25, 0.3) is 10.2 Å². The molecule has 2 heterocycles. The molecule has 7 heteroatoms. The van der Waals surface area contributed by atoms with Crippen LogP contribution < -0.4 is 4.72 Å². The van der Waals surface area contributed by atoms with E-state index in [0.717, 1.165) is 12.1 Å². The van der Waals surface area contributed by atoms with Crippen LogP contribution in [0.2, 0.25) is 0 Å². The predicted octanol–water partition coefficient (Wildman–Crippen LogP) is -0.369. The molecule has 1 saturated heterocycles. The van der Waals surface area contributed by atoms with Gasteiger partial charge >= 0.3 is 0 Å². The van der Waals surface area contributed by atoms with Gasteiger partial charge in [0.15, 0.2) is 0 Å². The zero-order valence-electron chi connectivity index (χ0n) is 8.71. The molecule has 1 aliphatic rings. The summed E-state index contributed by atoms with van der Waals surface area (Å²) >= 11 is 0. The molecule has 1 fully saturated rings. The van der Waals surface area contributed by atoms with E-state index in [0.29, 0.717) is 6.54 Å². The van der Waals surface area contributed by atoms with Crippen molar-refractivity contribution in [3.63, 3.8) is 0 Å². The van der Waals surface area contributed by atoms with Gasteiger partial charge in [-0.2, -0.15) is 22.5 Å². The molecule has 1 aromatic heterocycles. The molecule has 0 amide bonds. The average molecular weight is 230 g/mol. The molecule has 0 bridgehead atoms. The number of hydrogen-bond acceptors (Lipinski definition) is 3. The van der Waals surface area contributed by atoms with Crippen LogP contribution in [-0.4, -0.2) is 36.1 Å². The van der Waals surface area contributed by atoms with E-state index in [1.54, 1.807) is 17.9 Å². The van der Waals surface area contributed by atoms with Gasteiger partial charge < -0.3 is 0 Å². The third-order valence-corrected chi connectivity index (χ3v) is 4.24. The van der Waals surface area contributed by atoms with Gasteiger partial charge in [-0.25, -0.2) is 0 Å². The van der Waals surface area contributed by atoms with Crippen molar-refractivity contribution >= 4 is 10.2 Å². The lowest BCUT2D eigenvalue weighted by atomic mass is 10.1. The summed E-state index contributed by atoms with van der Waals surface area (Å²) in [5, 5.41) is 4.03. The van der Waals surface area contributed by atoms with Crippen molar-refractivity contribution in [2.24, 2.45) is 7.05 Å². The number of aromatic nitrogens is 2. The quantitative estimate of drug-likeness (QED) is 0.716. The van der Waals surface area contributed by atoms with E-state index in [4.69, 9.17) is 0 Å². The number of nitrogens with one attached hydrogen (secondary N) is 1. The van der Waals surface area contributed by atoms with E-state index >= 15 is 0 Å². The topological polar surface area (TPSA) is 67.2 Å². The normalized spacial score (nSPS) is 26.7. The predicted molar refractivity (Wildman–Crippen MR) is 55.3 cm³/mol. The fourth-order valence-corrected chi connectivity index (χ4v) is 2.82. The molecule has 0 saturated carbocycles. The van der Waals surface area contributed by atoms with Gasteiger partial charge in [0, 0.05) is 26.8 Å². The van der Waals surface area contributed by atoms with Gasteiger partial charge in [-0.15, -0.1) is 0 Å². The Balaban J connectivity index is 2.25. The second-order valence-electron chi connectivity index (χ2n) is 3.67. The summed E-state index contributed by atoms with van der Waals surface area (Å²) in [6.07, 6.45) is 2.43. The summed E-state index contributed by atoms with van der Waals surface area (Å²) in [6.45, 7) is 0.533. The molecule has 0 aliphatic carbocycles. The summed E-state index contributed by atoms with van der Waals surface area (Å²) in [5.41, 5.74) is 0.895. The molecule has 0 spiro atoms. The molecule has 1 aliphatic heterocycles. The Bertz CT molecular complexity index is 453. The SMILES string of the molecule is CN1CC[C@@H](c2ccnn2C)NS1(=O)=O. The van der Waals surface area contributed by atoms with E-state index in [9.17, 15) is 8.42 Å². The first-order valence-electron chi connectivity index (χ1n) is 4.72. The van der Waals surface area contributed by atoms with Crippen molar-refractivity contribution in [1.29, 1.82) is 0 Å². The van der Waals surface area contributed by atoms with Crippen LogP contribution in [0.25, 0.3) is 0 Å². The number of hydrogen-bond donors (Lipinski definition) is 1. The second kappa shape index (κ2) is 3.58. The number of rotatable bonds is 1. The molecule has 0 unspecified atom stereocenters. The first-order valence-corrected chi connectivity index (χ1v) is 6.16. The number of aryl methyl sites for hydroxylation is 1. The second-order valence-corrected chi connectivity index (χ2v) is 5.47. The molecule has 1 atom stereocenters. The zero-order chi connectivity index (χ0) is 11.1. The van der Waals surface area contributed by atoms with Crippen LogP contribution in [0.5, 0.6) is 0 Å². The maximum Gasteiger partial charge on any atom is 0.279 e. The van der Waals surface area contributed by atoms with Crippen molar-refractivity contribution in [2.75, 3.05) is 13.6 Å². The molecule has 84 valence electrons. The van der Waals surface area contributed by atoms with Gasteiger partial charge in [-0.05, 0) is 12.5 Å². The third kappa shape index (κ3) is 1.90. The molecule has 0 aromatic carbocycles. The van der Waals surface area contributed by atoms with Crippen LogP contribution in [0.15, 0.2) is 12.3 Å². The van der Waals surface area contributed by atoms with Crippen LogP contribution in [0.1, 0.15) is 18.2 Å². The Morgan fingerprint density at radius 1 is 1.53 bits per heavy atom. The van der Waals surface area contributed by atoms with Crippen molar-refractivity contribution in [2.45, 2.75) is 12.5 Å². The Morgan fingerprint density at radius 3 is 2.80 bits per heavy atom. The lowest BCUT2D eigenvalue weighted by Crippen LogP contribution is -2.46. The highest BCUT2D eigenvalue weighted by atomic mass is 32.2. The lowest BCUT2D eigenvalue weighted by Gasteiger charge is -2.29. The summed E-state index contributed by atoms with van der Waals surface area (Å²) in [5.74, 6) is 0. The molecule has 2 rings (SSSR count). The van der Waals surface area contributed by atoms with Crippen molar-refractivity contribution in [3.8, 4) is 0 Å². The highest BCUT2D eigenvalue weighted by Crippen LogP contribution is 2.22. The Hall–Kier alpha value is -0.920. The van der Waals surface area contributed by atoms with Gasteiger partial charge in [-0.3, -0.25) is 4.68 Å². The van der Waals surface area contributed by atoms with Gasteiger partial charge in [0.1, 0.15) is 0 Å². The standard InChI is InChI=1S/C8H14N4O2S/c1-11-6-4-7(10-15(11,13)14)8-3-5-9-12(8)2/h3,5,7,10H,4,6H2,1-2H3/t7-/m0/s1.